The molecule has 1 aromatic heterocycles. The van der Waals surface area contributed by atoms with Crippen molar-refractivity contribution < 1.29 is 9.47 Å². The van der Waals surface area contributed by atoms with Crippen molar-refractivity contribution >= 4 is 46.7 Å². The molecule has 150 valence electrons. The van der Waals surface area contributed by atoms with Crippen LogP contribution in [0.2, 0.25) is 15.1 Å². The number of nitrogens with one attached hydrogen (secondary N) is 2. The van der Waals surface area contributed by atoms with E-state index in [1.54, 1.807) is 49.7 Å². The standard InChI is InChI=1S/C19H15Cl3N4O3/c1-28-17-6-11(8-23-25-15-9-24-26-19(27)18(15)22)2-5-16(17)29-10-12-3-4-13(20)7-14(12)21/h2-9H,10H2,1H3,(H2,25,26,27). The Bertz CT molecular complexity index is 1100. The number of hydrazone groups is 1. The van der Waals surface area contributed by atoms with E-state index < -0.39 is 5.56 Å². The van der Waals surface area contributed by atoms with E-state index in [9.17, 15) is 4.79 Å². The molecule has 0 saturated carbocycles. The Balaban J connectivity index is 1.69. The lowest BCUT2D eigenvalue weighted by Crippen LogP contribution is -2.10. The predicted octanol–water partition coefficient (Wildman–Crippen LogP) is 4.76. The quantitative estimate of drug-likeness (QED) is 0.397. The Kier molecular flexibility index (Phi) is 6.98. The largest absolute Gasteiger partial charge is 0.493 e. The number of aromatic nitrogens is 2. The highest BCUT2D eigenvalue weighted by Crippen LogP contribution is 2.30. The molecule has 0 atom stereocenters. The van der Waals surface area contributed by atoms with Gasteiger partial charge in [0.2, 0.25) is 0 Å². The van der Waals surface area contributed by atoms with Gasteiger partial charge in [-0.05, 0) is 35.9 Å². The summed E-state index contributed by atoms with van der Waals surface area (Å²) in [6, 6.07) is 10.5. The van der Waals surface area contributed by atoms with Crippen LogP contribution in [0.1, 0.15) is 11.1 Å². The van der Waals surface area contributed by atoms with E-state index in [4.69, 9.17) is 44.3 Å². The summed E-state index contributed by atoms with van der Waals surface area (Å²) in [6.07, 6.45) is 2.90. The van der Waals surface area contributed by atoms with Crippen molar-refractivity contribution in [2.24, 2.45) is 5.10 Å². The molecule has 10 heteroatoms. The number of H-pyrrole nitrogens is 1. The first kappa shape index (κ1) is 21.0. The number of rotatable bonds is 7. The van der Waals surface area contributed by atoms with Crippen molar-refractivity contribution in [3.8, 4) is 11.5 Å². The van der Waals surface area contributed by atoms with Crippen molar-refractivity contribution in [1.29, 1.82) is 0 Å². The molecule has 7 nitrogen and oxygen atoms in total. The van der Waals surface area contributed by atoms with Crippen LogP contribution in [-0.4, -0.2) is 23.5 Å². The molecule has 3 aromatic rings. The van der Waals surface area contributed by atoms with Crippen molar-refractivity contribution in [3.63, 3.8) is 0 Å². The average Bonchev–Trinajstić information content (AvgIpc) is 2.71. The van der Waals surface area contributed by atoms with Crippen molar-refractivity contribution in [3.05, 3.63) is 79.1 Å². The van der Waals surface area contributed by atoms with Crippen LogP contribution in [-0.2, 0) is 6.61 Å². The number of methoxy groups -OCH3 is 1. The zero-order valence-corrected chi connectivity index (χ0v) is 17.3. The summed E-state index contributed by atoms with van der Waals surface area (Å²) in [5, 5.41) is 11.0. The molecule has 0 fully saturated rings. The lowest BCUT2D eigenvalue weighted by Gasteiger charge is -2.12. The maximum absolute atomic E-state index is 11.4. The summed E-state index contributed by atoms with van der Waals surface area (Å²) in [6.45, 7) is 0.259. The van der Waals surface area contributed by atoms with E-state index in [0.717, 1.165) is 11.1 Å². The van der Waals surface area contributed by atoms with E-state index >= 15 is 0 Å². The summed E-state index contributed by atoms with van der Waals surface area (Å²) in [4.78, 5) is 11.4. The van der Waals surface area contributed by atoms with Gasteiger partial charge in [-0.15, -0.1) is 0 Å². The topological polar surface area (TPSA) is 88.6 Å². The van der Waals surface area contributed by atoms with Gasteiger partial charge in [-0.25, -0.2) is 5.10 Å². The fourth-order valence-electron chi connectivity index (χ4n) is 2.32. The highest BCUT2D eigenvalue weighted by Gasteiger charge is 2.08. The number of aromatic amines is 1. The number of hydrogen-bond donors (Lipinski definition) is 2. The molecule has 0 saturated heterocycles. The molecule has 0 amide bonds. The summed E-state index contributed by atoms with van der Waals surface area (Å²) in [7, 11) is 1.54. The summed E-state index contributed by atoms with van der Waals surface area (Å²) >= 11 is 17.9. The van der Waals surface area contributed by atoms with E-state index in [1.165, 1.54) is 6.20 Å². The smallest absolute Gasteiger partial charge is 0.285 e. The normalized spacial score (nSPS) is 10.9. The first-order chi connectivity index (χ1) is 14.0. The Morgan fingerprint density at radius 3 is 2.76 bits per heavy atom. The Morgan fingerprint density at radius 2 is 2.00 bits per heavy atom. The van der Waals surface area contributed by atoms with Gasteiger partial charge >= 0.3 is 0 Å². The van der Waals surface area contributed by atoms with Crippen LogP contribution in [0, 0.1) is 0 Å². The van der Waals surface area contributed by atoms with Gasteiger partial charge in [0.25, 0.3) is 5.56 Å². The molecule has 0 radical (unpaired) electrons. The van der Waals surface area contributed by atoms with E-state index in [1.807, 2.05) is 0 Å². The highest BCUT2D eigenvalue weighted by atomic mass is 35.5. The molecule has 0 spiro atoms. The highest BCUT2D eigenvalue weighted by molar-refractivity contribution is 6.35. The maximum atomic E-state index is 11.4. The minimum Gasteiger partial charge on any atom is -0.493 e. The van der Waals surface area contributed by atoms with E-state index in [2.05, 4.69) is 20.7 Å². The zero-order chi connectivity index (χ0) is 20.8. The molecule has 3 rings (SSSR count). The first-order valence-corrected chi connectivity index (χ1v) is 9.38. The average molecular weight is 454 g/mol. The second kappa shape index (κ2) is 9.65. The Labute approximate surface area is 181 Å². The predicted molar refractivity (Wildman–Crippen MR) is 115 cm³/mol. The van der Waals surface area contributed by atoms with Crippen molar-refractivity contribution in [2.75, 3.05) is 12.5 Å². The third kappa shape index (κ3) is 5.41. The number of nitrogens with zero attached hydrogens (tertiary/aromatic N) is 2. The third-order valence-electron chi connectivity index (χ3n) is 3.78. The molecule has 0 aliphatic carbocycles. The Morgan fingerprint density at radius 1 is 1.17 bits per heavy atom. The van der Waals surface area contributed by atoms with Gasteiger partial charge in [0, 0.05) is 15.6 Å². The summed E-state index contributed by atoms with van der Waals surface area (Å²) in [5.74, 6) is 1.07. The fraction of sp³-hybridized carbons (Fsp3) is 0.105. The Hall–Kier alpha value is -2.74. The molecule has 1 heterocycles. The van der Waals surface area contributed by atoms with Gasteiger partial charge in [0.15, 0.2) is 11.5 Å². The van der Waals surface area contributed by atoms with Crippen LogP contribution >= 0.6 is 34.8 Å². The number of benzene rings is 2. The van der Waals surface area contributed by atoms with Crippen LogP contribution in [0.3, 0.4) is 0 Å². The van der Waals surface area contributed by atoms with Gasteiger partial charge in [0.05, 0.1) is 19.5 Å². The number of anilines is 1. The molecule has 0 unspecified atom stereocenters. The second-order valence-corrected chi connectivity index (χ2v) is 6.95. The molecule has 2 aromatic carbocycles. The molecule has 0 aliphatic heterocycles. The van der Waals surface area contributed by atoms with E-state index in [-0.39, 0.29) is 11.6 Å². The number of ether oxygens (including phenoxy) is 2. The third-order valence-corrected chi connectivity index (χ3v) is 4.74. The maximum Gasteiger partial charge on any atom is 0.285 e. The van der Waals surface area contributed by atoms with Gasteiger partial charge in [-0.1, -0.05) is 40.9 Å². The van der Waals surface area contributed by atoms with Crippen molar-refractivity contribution in [1.82, 2.24) is 10.2 Å². The van der Waals surface area contributed by atoms with Crippen LogP contribution in [0.15, 0.2) is 52.5 Å². The zero-order valence-electron chi connectivity index (χ0n) is 15.1. The number of halogens is 3. The van der Waals surface area contributed by atoms with Crippen LogP contribution in [0.4, 0.5) is 5.69 Å². The lowest BCUT2D eigenvalue weighted by molar-refractivity contribution is 0.284. The molecule has 29 heavy (non-hydrogen) atoms. The minimum absolute atomic E-state index is 0.0284. The first-order valence-electron chi connectivity index (χ1n) is 8.25. The molecule has 0 aliphatic rings. The molecule has 2 N–H and O–H groups in total. The monoisotopic (exact) mass is 452 g/mol. The van der Waals surface area contributed by atoms with Crippen LogP contribution in [0.25, 0.3) is 0 Å². The van der Waals surface area contributed by atoms with E-state index in [0.29, 0.717) is 27.2 Å². The van der Waals surface area contributed by atoms with Crippen LogP contribution < -0.4 is 20.5 Å². The molecular weight excluding hydrogens is 439 g/mol. The SMILES string of the molecule is COc1cc(C=NNc2cn[nH]c(=O)c2Cl)ccc1OCc1ccc(Cl)cc1Cl. The summed E-state index contributed by atoms with van der Waals surface area (Å²) < 4.78 is 11.2. The van der Waals surface area contributed by atoms with Gasteiger partial charge in [-0.3, -0.25) is 10.2 Å². The van der Waals surface area contributed by atoms with Crippen LogP contribution in [0.5, 0.6) is 11.5 Å². The lowest BCUT2D eigenvalue weighted by atomic mass is 10.2. The summed E-state index contributed by atoms with van der Waals surface area (Å²) in [5.41, 5.74) is 3.99. The molecular formula is C19H15Cl3N4O3. The van der Waals surface area contributed by atoms with Gasteiger partial charge in [-0.2, -0.15) is 10.2 Å². The fourth-order valence-corrected chi connectivity index (χ4v) is 2.91. The van der Waals surface area contributed by atoms with Gasteiger partial charge in [0.1, 0.15) is 17.3 Å². The minimum atomic E-state index is -0.504. The van der Waals surface area contributed by atoms with Crippen molar-refractivity contribution in [2.45, 2.75) is 6.61 Å². The van der Waals surface area contributed by atoms with Gasteiger partial charge < -0.3 is 9.47 Å². The molecule has 0 bridgehead atoms. The second-order valence-electron chi connectivity index (χ2n) is 5.73. The number of hydrogen-bond acceptors (Lipinski definition) is 6.